The molecule has 1 aromatic heterocycles. The van der Waals surface area contributed by atoms with Gasteiger partial charge in [-0.2, -0.15) is 4.51 Å². The van der Waals surface area contributed by atoms with E-state index in [2.05, 4.69) is 13.8 Å². The number of fused-ring (bicyclic) bond motifs is 1. The topological polar surface area (TPSA) is 86.2 Å². The van der Waals surface area contributed by atoms with Gasteiger partial charge in [-0.1, -0.05) is 30.3 Å². The number of carbonyl (C=O) groups is 2. The van der Waals surface area contributed by atoms with Gasteiger partial charge in [-0.25, -0.2) is 9.59 Å². The molecule has 0 aliphatic carbocycles. The van der Waals surface area contributed by atoms with Crippen LogP contribution < -0.4 is 4.84 Å². The Morgan fingerprint density at radius 2 is 1.62 bits per heavy atom. The fraction of sp³-hybridized carbons (Fsp3) is 0. The van der Waals surface area contributed by atoms with E-state index < -0.39 is 11.9 Å². The third-order valence-corrected chi connectivity index (χ3v) is 5.62. The highest BCUT2D eigenvalue weighted by molar-refractivity contribution is 7.44. The largest absolute Gasteiger partial charge is 0.386 e. The molecule has 7 nitrogen and oxygen atoms in total. The van der Waals surface area contributed by atoms with E-state index in [1.807, 2.05) is 30.3 Å². The molecule has 0 spiro atoms. The number of hydrogen-bond donors (Lipinski definition) is 1. The molecule has 2 unspecified atom stereocenters. The van der Waals surface area contributed by atoms with Crippen molar-refractivity contribution < 1.29 is 19.2 Å². The van der Waals surface area contributed by atoms with Crippen molar-refractivity contribution in [2.45, 2.75) is 0 Å². The van der Waals surface area contributed by atoms with E-state index in [1.54, 1.807) is 28.5 Å². The summed E-state index contributed by atoms with van der Waals surface area (Å²) < 4.78 is 13.4. The van der Waals surface area contributed by atoms with Crippen LogP contribution in [0, 0.1) is 0 Å². The summed E-state index contributed by atoms with van der Waals surface area (Å²) in [7, 11) is 1.87. The number of esters is 2. The van der Waals surface area contributed by atoms with Crippen LogP contribution in [0.1, 0.15) is 20.7 Å². The Kier molecular flexibility index (Phi) is 5.50. The first-order chi connectivity index (χ1) is 11.7. The van der Waals surface area contributed by atoms with Crippen molar-refractivity contribution in [2.75, 3.05) is 0 Å². The lowest BCUT2D eigenvalue weighted by atomic mass is 10.1. The van der Waals surface area contributed by atoms with E-state index in [4.69, 9.17) is 4.84 Å². The van der Waals surface area contributed by atoms with Gasteiger partial charge >= 0.3 is 11.9 Å². The van der Waals surface area contributed by atoms with E-state index in [0.29, 0.717) is 28.1 Å². The summed E-state index contributed by atoms with van der Waals surface area (Å²) in [5.41, 5.74) is 0.718. The average molecular weight is 379 g/mol. The van der Waals surface area contributed by atoms with Gasteiger partial charge in [0, 0.05) is 8.51 Å². The first-order valence-electron chi connectivity index (χ1n) is 6.79. The molecule has 0 fully saturated rings. The van der Waals surface area contributed by atoms with Crippen molar-refractivity contribution >= 4 is 37.5 Å². The van der Waals surface area contributed by atoms with Crippen LogP contribution in [-0.2, 0) is 4.74 Å². The molecule has 24 heavy (non-hydrogen) atoms. The number of cyclic esters (lactones) is 2. The highest BCUT2D eigenvalue weighted by atomic mass is 31.1. The van der Waals surface area contributed by atoms with Gasteiger partial charge in [-0.3, -0.25) is 0 Å². The van der Waals surface area contributed by atoms with Gasteiger partial charge in [-0.15, -0.1) is 4.26 Å². The molecule has 1 aliphatic heterocycles. The molecule has 0 amide bonds. The monoisotopic (exact) mass is 379 g/mol. The quantitative estimate of drug-likeness (QED) is 0.541. The number of carbonyl (C=O) groups excluding carboxylic acids is 2. The summed E-state index contributed by atoms with van der Waals surface area (Å²) in [5.74, 6) is -0.249. The van der Waals surface area contributed by atoms with Gasteiger partial charge in [0.1, 0.15) is 0 Å². The minimum atomic E-state index is -0.550. The summed E-state index contributed by atoms with van der Waals surface area (Å²) in [5, 5.41) is 0. The molecule has 1 N–H and O–H groups in total. The molecule has 3 aromatic rings. The molecule has 2 aromatic carbocycles. The first-order valence-corrected chi connectivity index (χ1v) is 9.48. The van der Waals surface area contributed by atoms with Crippen molar-refractivity contribution in [3.63, 3.8) is 0 Å². The number of nitrogens with zero attached hydrogens (tertiary/aromatic N) is 2. The second-order valence-corrected chi connectivity index (χ2v) is 8.01. The number of ether oxygens (including phenoxy) is 1. The van der Waals surface area contributed by atoms with Crippen molar-refractivity contribution in [1.82, 2.24) is 13.3 Å². The van der Waals surface area contributed by atoms with Gasteiger partial charge in [0.05, 0.1) is 19.6 Å². The predicted molar refractivity (Wildman–Crippen MR) is 94.4 cm³/mol. The van der Waals surface area contributed by atoms with Crippen LogP contribution in [0.25, 0.3) is 0 Å². The fourth-order valence-corrected chi connectivity index (χ4v) is 4.89. The Morgan fingerprint density at radius 1 is 1.00 bits per heavy atom. The maximum atomic E-state index is 10.8. The van der Waals surface area contributed by atoms with Crippen LogP contribution in [0.5, 0.6) is 5.75 Å². The standard InChI is InChI=1S/C8H4O3.C6H8N3OP3/c9-7-5-3-1-2-4-6(5)8(10)11-7;1-2-4-6(5-3-1)10-9-12-7-11-8-13-9/h1-4H;1-5,7,11-12H. The number of benzene rings is 2. The Balaban J connectivity index is 0.000000143. The Morgan fingerprint density at radius 3 is 2.21 bits per heavy atom. The van der Waals surface area contributed by atoms with Gasteiger partial charge in [-0.05, 0) is 24.3 Å². The molecular formula is C14H12N3O4P3. The van der Waals surface area contributed by atoms with Crippen LogP contribution >= 0.6 is 25.5 Å². The lowest BCUT2D eigenvalue weighted by Crippen LogP contribution is -1.96. The van der Waals surface area contributed by atoms with Gasteiger partial charge in [0.15, 0.2) is 14.3 Å². The van der Waals surface area contributed by atoms with Crippen LogP contribution in [0.15, 0.2) is 54.6 Å². The number of H-pyrrole nitrogens is 1. The molecular weight excluding hydrogens is 367 g/mol. The minimum absolute atomic E-state index is 0.359. The first kappa shape index (κ1) is 16.5. The summed E-state index contributed by atoms with van der Waals surface area (Å²) in [6.45, 7) is 0. The Labute approximate surface area is 141 Å². The summed E-state index contributed by atoms with van der Waals surface area (Å²) >= 11 is 0. The summed E-state index contributed by atoms with van der Waals surface area (Å²) in [6, 6.07) is 16.3. The van der Waals surface area contributed by atoms with E-state index in [0.717, 1.165) is 14.3 Å². The zero-order valence-electron chi connectivity index (χ0n) is 12.2. The lowest BCUT2D eigenvalue weighted by Gasteiger charge is -2.04. The molecule has 122 valence electrons. The zero-order chi connectivity index (χ0) is 16.8. The number of aromatic amines is 1. The number of hydrogen-bond acceptors (Lipinski definition) is 5. The molecule has 4 rings (SSSR count). The van der Waals surface area contributed by atoms with Crippen molar-refractivity contribution in [2.24, 2.45) is 0 Å². The summed E-state index contributed by atoms with van der Waals surface area (Å²) in [4.78, 5) is 27.2. The molecule has 0 saturated carbocycles. The third kappa shape index (κ3) is 4.15. The molecule has 1 aliphatic rings. The third-order valence-electron chi connectivity index (χ3n) is 2.87. The molecule has 0 bridgehead atoms. The van der Waals surface area contributed by atoms with E-state index in [1.165, 1.54) is 0 Å². The highest BCUT2D eigenvalue weighted by Crippen LogP contribution is 2.18. The molecule has 2 atom stereocenters. The average Bonchev–Trinajstić information content (AvgIpc) is 2.92. The van der Waals surface area contributed by atoms with E-state index >= 15 is 0 Å². The predicted octanol–water partition coefficient (Wildman–Crippen LogP) is 3.82. The second kappa shape index (κ2) is 7.98. The zero-order valence-corrected chi connectivity index (χ0v) is 15.1. The minimum Gasteiger partial charge on any atom is -0.386 e. The van der Waals surface area contributed by atoms with Gasteiger partial charge < -0.3 is 14.1 Å². The van der Waals surface area contributed by atoms with Gasteiger partial charge in [0.25, 0.3) is 0 Å². The van der Waals surface area contributed by atoms with Crippen LogP contribution in [-0.4, -0.2) is 25.2 Å². The van der Waals surface area contributed by atoms with E-state index in [9.17, 15) is 9.59 Å². The Bertz CT molecular complexity index is 795. The number of aromatic nitrogens is 3. The van der Waals surface area contributed by atoms with Crippen LogP contribution in [0.3, 0.4) is 0 Å². The van der Waals surface area contributed by atoms with Gasteiger partial charge in [0.2, 0.25) is 0 Å². The molecule has 2 heterocycles. The maximum Gasteiger partial charge on any atom is 0.346 e. The molecule has 0 radical (unpaired) electrons. The van der Waals surface area contributed by atoms with E-state index in [-0.39, 0.29) is 0 Å². The maximum absolute atomic E-state index is 10.8. The Hall–Kier alpha value is -2.32. The SMILES string of the molecule is O=C1OC(=O)c2ccccc21.c1ccc(On2pn[pH][nH][pH]2)cc1. The molecule has 10 heteroatoms. The van der Waals surface area contributed by atoms with Crippen molar-refractivity contribution in [3.05, 3.63) is 65.7 Å². The number of nitrogens with one attached hydrogen (secondary N) is 1. The molecule has 0 saturated heterocycles. The highest BCUT2D eigenvalue weighted by Gasteiger charge is 2.28. The normalized spacial score (nSPS) is 12.8. The second-order valence-electron chi connectivity index (χ2n) is 4.44. The fourth-order valence-electron chi connectivity index (χ4n) is 1.84. The number of rotatable bonds is 2. The van der Waals surface area contributed by atoms with Crippen LogP contribution in [0.2, 0.25) is 0 Å². The van der Waals surface area contributed by atoms with Crippen molar-refractivity contribution in [1.29, 1.82) is 0 Å². The lowest BCUT2D eigenvalue weighted by molar-refractivity contribution is 0.0444. The smallest absolute Gasteiger partial charge is 0.346 e. The van der Waals surface area contributed by atoms with Crippen molar-refractivity contribution in [3.8, 4) is 5.75 Å². The van der Waals surface area contributed by atoms with Crippen LogP contribution in [0.4, 0.5) is 0 Å². The summed E-state index contributed by atoms with van der Waals surface area (Å²) in [6.07, 6.45) is 0. The number of para-hydroxylation sites is 1.